The maximum atomic E-state index is 12.0. The highest BCUT2D eigenvalue weighted by atomic mass is 16.5. The Morgan fingerprint density at radius 1 is 1.20 bits per heavy atom. The molecule has 1 aromatic heterocycles. The first-order valence-corrected chi connectivity index (χ1v) is 8.33. The van der Waals surface area contributed by atoms with Crippen LogP contribution < -0.4 is 10.6 Å². The van der Waals surface area contributed by atoms with Crippen LogP contribution in [-0.4, -0.2) is 62.2 Å². The number of benzene rings is 1. The van der Waals surface area contributed by atoms with E-state index in [1.807, 2.05) is 38.5 Å². The topological polar surface area (TPSA) is 75.6 Å². The molecule has 0 aliphatic heterocycles. The number of nitrogens with one attached hydrogen (secondary N) is 2. The molecule has 2 aromatic rings. The number of nitrogens with zero attached hydrogens (tertiary/aromatic N) is 2. The van der Waals surface area contributed by atoms with E-state index in [2.05, 4.69) is 20.1 Å². The van der Waals surface area contributed by atoms with Gasteiger partial charge < -0.3 is 24.8 Å². The molecular formula is C18H26N4O3. The van der Waals surface area contributed by atoms with E-state index < -0.39 is 11.8 Å². The fraction of sp³-hybridized carbons (Fsp3) is 0.444. The van der Waals surface area contributed by atoms with Gasteiger partial charge in [-0.1, -0.05) is 6.07 Å². The molecule has 7 heteroatoms. The molecule has 0 saturated carbocycles. The van der Waals surface area contributed by atoms with E-state index in [4.69, 9.17) is 4.74 Å². The molecule has 0 atom stereocenters. The molecule has 25 heavy (non-hydrogen) atoms. The van der Waals surface area contributed by atoms with Crippen LogP contribution >= 0.6 is 0 Å². The number of hydrogen-bond acceptors (Lipinski definition) is 4. The lowest BCUT2D eigenvalue weighted by atomic mass is 10.2. The Balaban J connectivity index is 1.99. The zero-order chi connectivity index (χ0) is 18.2. The smallest absolute Gasteiger partial charge is 0.313 e. The van der Waals surface area contributed by atoms with Gasteiger partial charge in [0.15, 0.2) is 0 Å². The lowest BCUT2D eigenvalue weighted by Crippen LogP contribution is -2.36. The Bertz CT molecular complexity index is 724. The third-order valence-electron chi connectivity index (χ3n) is 3.84. The van der Waals surface area contributed by atoms with Crippen LogP contribution in [0.4, 0.5) is 5.69 Å². The summed E-state index contributed by atoms with van der Waals surface area (Å²) in [6, 6.07) is 7.67. The number of carbonyl (C=O) groups is 2. The van der Waals surface area contributed by atoms with E-state index in [1.54, 1.807) is 13.2 Å². The van der Waals surface area contributed by atoms with Gasteiger partial charge in [0.2, 0.25) is 0 Å². The molecule has 0 bridgehead atoms. The standard InChI is InChI=1S/C18H26N4O3/c1-21(2)10-11-22-9-7-14-5-6-15(13-16(14)22)20-18(24)17(23)19-8-4-12-25-3/h5-7,9,13H,4,8,10-12H2,1-3H3,(H,19,23)(H,20,24). The largest absolute Gasteiger partial charge is 0.385 e. The van der Waals surface area contributed by atoms with Crippen molar-refractivity contribution in [3.8, 4) is 0 Å². The highest BCUT2D eigenvalue weighted by Crippen LogP contribution is 2.20. The van der Waals surface area contributed by atoms with Gasteiger partial charge >= 0.3 is 11.8 Å². The molecule has 136 valence electrons. The quantitative estimate of drug-likeness (QED) is 0.558. The molecule has 0 unspecified atom stereocenters. The summed E-state index contributed by atoms with van der Waals surface area (Å²) in [6.45, 7) is 2.73. The van der Waals surface area contributed by atoms with E-state index in [0.717, 1.165) is 24.0 Å². The maximum absolute atomic E-state index is 12.0. The fourth-order valence-electron chi connectivity index (χ4n) is 2.45. The first-order chi connectivity index (χ1) is 12.0. The lowest BCUT2D eigenvalue weighted by Gasteiger charge is -2.12. The van der Waals surface area contributed by atoms with Gasteiger partial charge in [0.25, 0.3) is 0 Å². The minimum atomic E-state index is -0.664. The van der Waals surface area contributed by atoms with E-state index >= 15 is 0 Å². The molecule has 0 fully saturated rings. The zero-order valence-electron chi connectivity index (χ0n) is 15.0. The van der Waals surface area contributed by atoms with Crippen LogP contribution in [0.2, 0.25) is 0 Å². The second-order valence-electron chi connectivity index (χ2n) is 6.14. The van der Waals surface area contributed by atoms with Gasteiger partial charge in [0.1, 0.15) is 0 Å². The summed E-state index contributed by atoms with van der Waals surface area (Å²) in [5.41, 5.74) is 1.63. The van der Waals surface area contributed by atoms with Crippen molar-refractivity contribution in [1.29, 1.82) is 0 Å². The van der Waals surface area contributed by atoms with Gasteiger partial charge in [-0.2, -0.15) is 0 Å². The van der Waals surface area contributed by atoms with Gasteiger partial charge in [0, 0.05) is 45.2 Å². The first kappa shape index (κ1) is 19.0. The summed E-state index contributed by atoms with van der Waals surface area (Å²) in [5, 5.41) is 6.32. The Kier molecular flexibility index (Phi) is 6.97. The third-order valence-corrected chi connectivity index (χ3v) is 3.84. The van der Waals surface area contributed by atoms with Crippen LogP contribution in [0, 0.1) is 0 Å². The van der Waals surface area contributed by atoms with Crippen LogP contribution in [0.25, 0.3) is 10.9 Å². The van der Waals surface area contributed by atoms with Crippen LogP contribution in [0.15, 0.2) is 30.5 Å². The highest BCUT2D eigenvalue weighted by Gasteiger charge is 2.13. The van der Waals surface area contributed by atoms with Gasteiger partial charge in [-0.3, -0.25) is 9.59 Å². The summed E-state index contributed by atoms with van der Waals surface area (Å²) in [4.78, 5) is 25.9. The van der Waals surface area contributed by atoms with Crippen molar-refractivity contribution in [2.75, 3.05) is 46.2 Å². The van der Waals surface area contributed by atoms with E-state index in [0.29, 0.717) is 25.3 Å². The van der Waals surface area contributed by atoms with Crippen LogP contribution in [0.3, 0.4) is 0 Å². The number of carbonyl (C=O) groups excluding carboxylic acids is 2. The first-order valence-electron chi connectivity index (χ1n) is 8.33. The second-order valence-corrected chi connectivity index (χ2v) is 6.14. The number of hydrogen-bond donors (Lipinski definition) is 2. The van der Waals surface area contributed by atoms with Gasteiger partial charge in [-0.25, -0.2) is 0 Å². The number of fused-ring (bicyclic) bond motifs is 1. The average molecular weight is 346 g/mol. The van der Waals surface area contributed by atoms with Crippen molar-refractivity contribution in [1.82, 2.24) is 14.8 Å². The molecule has 0 aliphatic carbocycles. The predicted molar refractivity (Wildman–Crippen MR) is 98.6 cm³/mol. The van der Waals surface area contributed by atoms with Crippen molar-refractivity contribution in [2.24, 2.45) is 0 Å². The molecule has 0 saturated heterocycles. The van der Waals surface area contributed by atoms with Crippen LogP contribution in [-0.2, 0) is 20.9 Å². The summed E-state index contributed by atoms with van der Waals surface area (Å²) >= 11 is 0. The summed E-state index contributed by atoms with van der Waals surface area (Å²) in [6.07, 6.45) is 2.70. The number of rotatable bonds is 8. The van der Waals surface area contributed by atoms with Gasteiger partial charge in [-0.15, -0.1) is 0 Å². The summed E-state index contributed by atoms with van der Waals surface area (Å²) in [5.74, 6) is -1.30. The van der Waals surface area contributed by atoms with Crippen molar-refractivity contribution in [3.05, 3.63) is 30.5 Å². The van der Waals surface area contributed by atoms with Crippen molar-refractivity contribution >= 4 is 28.4 Å². The van der Waals surface area contributed by atoms with Crippen LogP contribution in [0.1, 0.15) is 6.42 Å². The molecule has 2 rings (SSSR count). The summed E-state index contributed by atoms with van der Waals surface area (Å²) < 4.78 is 7.04. The van der Waals surface area contributed by atoms with Crippen LogP contribution in [0.5, 0.6) is 0 Å². The third kappa shape index (κ3) is 5.58. The molecule has 2 N–H and O–H groups in total. The summed E-state index contributed by atoms with van der Waals surface area (Å²) in [7, 11) is 5.66. The number of methoxy groups -OCH3 is 1. The van der Waals surface area contributed by atoms with Crippen molar-refractivity contribution < 1.29 is 14.3 Å². The SMILES string of the molecule is COCCCNC(=O)C(=O)Nc1ccc2ccn(CCN(C)C)c2c1. The number of amides is 2. The van der Waals surface area contributed by atoms with Gasteiger partial charge in [0.05, 0.1) is 5.52 Å². The minimum Gasteiger partial charge on any atom is -0.385 e. The number of ether oxygens (including phenoxy) is 1. The van der Waals surface area contributed by atoms with E-state index in [-0.39, 0.29) is 0 Å². The Morgan fingerprint density at radius 2 is 2.00 bits per heavy atom. The Hall–Kier alpha value is -2.38. The van der Waals surface area contributed by atoms with Crippen molar-refractivity contribution in [2.45, 2.75) is 13.0 Å². The molecule has 0 radical (unpaired) electrons. The molecule has 7 nitrogen and oxygen atoms in total. The molecule has 2 amide bonds. The highest BCUT2D eigenvalue weighted by molar-refractivity contribution is 6.39. The number of anilines is 1. The monoisotopic (exact) mass is 346 g/mol. The molecule has 0 aliphatic rings. The zero-order valence-corrected chi connectivity index (χ0v) is 15.0. The Labute approximate surface area is 147 Å². The van der Waals surface area contributed by atoms with E-state index in [1.165, 1.54) is 0 Å². The normalized spacial score (nSPS) is 11.0. The molecular weight excluding hydrogens is 320 g/mol. The second kappa shape index (κ2) is 9.19. The van der Waals surface area contributed by atoms with Gasteiger partial charge in [-0.05, 0) is 44.1 Å². The predicted octanol–water partition coefficient (Wildman–Crippen LogP) is 1.29. The lowest BCUT2D eigenvalue weighted by molar-refractivity contribution is -0.136. The minimum absolute atomic E-state index is 0.409. The molecule has 1 aromatic carbocycles. The Morgan fingerprint density at radius 3 is 2.72 bits per heavy atom. The van der Waals surface area contributed by atoms with E-state index in [9.17, 15) is 9.59 Å². The average Bonchev–Trinajstić information content (AvgIpc) is 2.99. The maximum Gasteiger partial charge on any atom is 0.313 e. The molecule has 1 heterocycles. The van der Waals surface area contributed by atoms with Crippen molar-refractivity contribution in [3.63, 3.8) is 0 Å². The fourth-order valence-corrected chi connectivity index (χ4v) is 2.45. The molecule has 0 spiro atoms. The number of aromatic nitrogens is 1. The number of likely N-dealkylation sites (N-methyl/N-ethyl adjacent to an activating group) is 1.